The van der Waals surface area contributed by atoms with E-state index in [1.54, 1.807) is 0 Å². The zero-order chi connectivity index (χ0) is 19.9. The number of aromatic nitrogens is 1. The monoisotopic (exact) mass is 517 g/mol. The minimum absolute atomic E-state index is 0. The lowest BCUT2D eigenvalue weighted by Crippen LogP contribution is -2.40. The van der Waals surface area contributed by atoms with Crippen LogP contribution in [-0.4, -0.2) is 43.8 Å². The molecule has 2 aromatic carbocycles. The third-order valence-electron chi connectivity index (χ3n) is 5.74. The van der Waals surface area contributed by atoms with Crippen molar-refractivity contribution < 1.29 is 0 Å². The fraction of sp³-hybridized carbons (Fsp3) is 0.375. The lowest BCUT2D eigenvalue weighted by Gasteiger charge is -2.19. The second-order valence-corrected chi connectivity index (χ2v) is 7.74. The number of benzene rings is 2. The first kappa shape index (κ1) is 22.5. The van der Waals surface area contributed by atoms with Crippen LogP contribution in [-0.2, 0) is 6.54 Å². The number of fused-ring (bicyclic) bond motifs is 1. The predicted octanol–water partition coefficient (Wildman–Crippen LogP) is 4.34. The predicted molar refractivity (Wildman–Crippen MR) is 138 cm³/mol. The maximum atomic E-state index is 4.38. The molecule has 4 rings (SSSR count). The topological polar surface area (TPSA) is 44.6 Å². The van der Waals surface area contributed by atoms with Crippen molar-refractivity contribution in [2.24, 2.45) is 10.9 Å². The number of aryl methyl sites for hydroxylation is 1. The summed E-state index contributed by atoms with van der Waals surface area (Å²) in [5, 5.41) is 8.28. The summed E-state index contributed by atoms with van der Waals surface area (Å²) in [5.74, 6) is 1.56. The van der Waals surface area contributed by atoms with Crippen LogP contribution in [0.4, 0.5) is 5.69 Å². The van der Waals surface area contributed by atoms with E-state index in [2.05, 4.69) is 92.0 Å². The van der Waals surface area contributed by atoms with Crippen LogP contribution < -0.4 is 15.5 Å². The number of nitrogens with zero attached hydrogens (tertiary/aromatic N) is 3. The van der Waals surface area contributed by atoms with Crippen molar-refractivity contribution in [2.75, 3.05) is 38.1 Å². The zero-order valence-electron chi connectivity index (χ0n) is 17.6. The standard InChI is InChI=1S/C24H31N5.HI/c1-25-24(26-14-7-15-28-17-13-21-8-5-6-11-23(21)28)27-18-20-12-16-29(19-20)22-9-3-2-4-10-22;/h2-6,8-11,13,17,20H,7,12,14-16,18-19H2,1H3,(H2,25,26,27);1H. The van der Waals surface area contributed by atoms with E-state index in [0.717, 1.165) is 45.1 Å². The highest BCUT2D eigenvalue weighted by molar-refractivity contribution is 14.0. The molecule has 1 aliphatic rings. The van der Waals surface area contributed by atoms with E-state index in [1.165, 1.54) is 23.0 Å². The van der Waals surface area contributed by atoms with Gasteiger partial charge in [-0.2, -0.15) is 0 Å². The highest BCUT2D eigenvalue weighted by atomic mass is 127. The van der Waals surface area contributed by atoms with Crippen molar-refractivity contribution in [3.8, 4) is 0 Å². The third kappa shape index (κ3) is 5.68. The molecule has 6 heteroatoms. The Morgan fingerprint density at radius 1 is 1.03 bits per heavy atom. The van der Waals surface area contributed by atoms with Crippen molar-refractivity contribution in [3.63, 3.8) is 0 Å². The molecule has 0 radical (unpaired) electrons. The molecule has 0 amide bonds. The summed E-state index contributed by atoms with van der Waals surface area (Å²) in [4.78, 5) is 6.86. The Morgan fingerprint density at radius 3 is 2.67 bits per heavy atom. The van der Waals surface area contributed by atoms with Gasteiger partial charge in [-0.05, 0) is 48.4 Å². The molecule has 0 aliphatic carbocycles. The SMILES string of the molecule is CN=C(NCCCn1ccc2ccccc21)NCC1CCN(c2ccccc2)C1.I. The first-order valence-corrected chi connectivity index (χ1v) is 10.6. The van der Waals surface area contributed by atoms with Crippen LogP contribution in [0.5, 0.6) is 0 Å². The first-order valence-electron chi connectivity index (χ1n) is 10.6. The molecule has 160 valence electrons. The van der Waals surface area contributed by atoms with Crippen LogP contribution in [0.15, 0.2) is 71.9 Å². The van der Waals surface area contributed by atoms with Gasteiger partial charge in [0.25, 0.3) is 0 Å². The summed E-state index contributed by atoms with van der Waals surface area (Å²) >= 11 is 0. The maximum absolute atomic E-state index is 4.38. The minimum atomic E-state index is 0. The molecule has 1 aromatic heterocycles. The summed E-state index contributed by atoms with van der Waals surface area (Å²) in [6.07, 6.45) is 4.46. The second kappa shape index (κ2) is 11.2. The number of halogens is 1. The zero-order valence-corrected chi connectivity index (χ0v) is 20.0. The molecule has 1 aliphatic heterocycles. The maximum Gasteiger partial charge on any atom is 0.190 e. The number of hydrogen-bond acceptors (Lipinski definition) is 2. The van der Waals surface area contributed by atoms with Crippen molar-refractivity contribution in [1.82, 2.24) is 15.2 Å². The Labute approximate surface area is 196 Å². The van der Waals surface area contributed by atoms with Gasteiger partial charge in [-0.15, -0.1) is 24.0 Å². The van der Waals surface area contributed by atoms with Gasteiger partial charge in [0, 0.05) is 57.2 Å². The van der Waals surface area contributed by atoms with Crippen LogP contribution in [0, 0.1) is 5.92 Å². The smallest absolute Gasteiger partial charge is 0.190 e. The molecule has 2 N–H and O–H groups in total. The summed E-state index contributed by atoms with van der Waals surface area (Å²) < 4.78 is 2.32. The van der Waals surface area contributed by atoms with E-state index in [9.17, 15) is 0 Å². The Kier molecular flexibility index (Phi) is 8.42. The van der Waals surface area contributed by atoms with Crippen LogP contribution in [0.25, 0.3) is 10.9 Å². The van der Waals surface area contributed by atoms with E-state index in [4.69, 9.17) is 0 Å². The Morgan fingerprint density at radius 2 is 1.83 bits per heavy atom. The molecule has 0 saturated carbocycles. The van der Waals surface area contributed by atoms with E-state index < -0.39 is 0 Å². The average molecular weight is 517 g/mol. The van der Waals surface area contributed by atoms with E-state index in [1.807, 2.05) is 7.05 Å². The number of rotatable bonds is 7. The van der Waals surface area contributed by atoms with E-state index in [0.29, 0.717) is 5.92 Å². The van der Waals surface area contributed by atoms with Crippen LogP contribution in [0.1, 0.15) is 12.8 Å². The average Bonchev–Trinajstić information content (AvgIpc) is 3.41. The van der Waals surface area contributed by atoms with E-state index >= 15 is 0 Å². The van der Waals surface area contributed by atoms with Gasteiger partial charge < -0.3 is 20.1 Å². The van der Waals surface area contributed by atoms with Crippen LogP contribution in [0.3, 0.4) is 0 Å². The van der Waals surface area contributed by atoms with Gasteiger partial charge >= 0.3 is 0 Å². The van der Waals surface area contributed by atoms with Crippen molar-refractivity contribution >= 4 is 46.5 Å². The highest BCUT2D eigenvalue weighted by Gasteiger charge is 2.22. The van der Waals surface area contributed by atoms with Gasteiger partial charge in [-0.3, -0.25) is 4.99 Å². The molecule has 2 heterocycles. The lowest BCUT2D eigenvalue weighted by molar-refractivity contribution is 0.562. The number of aliphatic imine (C=N–C) groups is 1. The Bertz CT molecular complexity index is 937. The number of guanidine groups is 1. The summed E-state index contributed by atoms with van der Waals surface area (Å²) in [7, 11) is 1.85. The van der Waals surface area contributed by atoms with Gasteiger partial charge in [0.2, 0.25) is 0 Å². The molecule has 5 nitrogen and oxygen atoms in total. The number of hydrogen-bond donors (Lipinski definition) is 2. The highest BCUT2D eigenvalue weighted by Crippen LogP contribution is 2.22. The molecule has 3 aromatic rings. The molecule has 1 saturated heterocycles. The molecular weight excluding hydrogens is 485 g/mol. The van der Waals surface area contributed by atoms with E-state index in [-0.39, 0.29) is 24.0 Å². The fourth-order valence-electron chi connectivity index (χ4n) is 4.13. The van der Waals surface area contributed by atoms with Gasteiger partial charge in [0.1, 0.15) is 0 Å². The third-order valence-corrected chi connectivity index (χ3v) is 5.74. The van der Waals surface area contributed by atoms with Crippen LogP contribution >= 0.6 is 24.0 Å². The summed E-state index contributed by atoms with van der Waals surface area (Å²) in [6, 6.07) is 21.4. The fourth-order valence-corrected chi connectivity index (χ4v) is 4.13. The van der Waals surface area contributed by atoms with Gasteiger partial charge in [-0.25, -0.2) is 0 Å². The molecule has 30 heavy (non-hydrogen) atoms. The van der Waals surface area contributed by atoms with Crippen molar-refractivity contribution in [2.45, 2.75) is 19.4 Å². The van der Waals surface area contributed by atoms with Gasteiger partial charge in [0.15, 0.2) is 5.96 Å². The normalized spacial score (nSPS) is 16.5. The van der Waals surface area contributed by atoms with Crippen molar-refractivity contribution in [1.29, 1.82) is 0 Å². The summed E-state index contributed by atoms with van der Waals surface area (Å²) in [5.41, 5.74) is 2.63. The largest absolute Gasteiger partial charge is 0.371 e. The molecule has 0 bridgehead atoms. The summed E-state index contributed by atoms with van der Waals surface area (Å²) in [6.45, 7) is 5.12. The number of nitrogens with one attached hydrogen (secondary N) is 2. The van der Waals surface area contributed by atoms with Crippen molar-refractivity contribution in [3.05, 3.63) is 66.9 Å². The molecule has 1 fully saturated rings. The minimum Gasteiger partial charge on any atom is -0.371 e. The van der Waals surface area contributed by atoms with Gasteiger partial charge in [-0.1, -0.05) is 36.4 Å². The Balaban J connectivity index is 0.00000256. The second-order valence-electron chi connectivity index (χ2n) is 7.74. The molecule has 1 unspecified atom stereocenters. The Hall–Kier alpha value is -2.22. The quantitative estimate of drug-likeness (QED) is 0.212. The molecule has 1 atom stereocenters. The number of para-hydroxylation sites is 2. The molecule has 0 spiro atoms. The number of anilines is 1. The lowest BCUT2D eigenvalue weighted by atomic mass is 10.1. The first-order chi connectivity index (χ1) is 14.3. The van der Waals surface area contributed by atoms with Crippen LogP contribution in [0.2, 0.25) is 0 Å². The van der Waals surface area contributed by atoms with Gasteiger partial charge in [0.05, 0.1) is 0 Å². The molecular formula is C24H32IN5.